The summed E-state index contributed by atoms with van der Waals surface area (Å²) in [5.41, 5.74) is -0.338. The third kappa shape index (κ3) is 4.52. The summed E-state index contributed by atoms with van der Waals surface area (Å²) in [4.78, 5) is 15.6. The number of aromatic amines is 1. The fourth-order valence-electron chi connectivity index (χ4n) is 3.21. The molecule has 1 N–H and O–H groups in total. The molecule has 1 unspecified atom stereocenters. The molecule has 2 heterocycles. The van der Waals surface area contributed by atoms with Crippen molar-refractivity contribution >= 4 is 17.3 Å². The first kappa shape index (κ1) is 19.3. The second-order valence-electron chi connectivity index (χ2n) is 7.16. The maximum Gasteiger partial charge on any atom is 0.421 e. The van der Waals surface area contributed by atoms with Crippen molar-refractivity contribution < 1.29 is 17.9 Å². The molecule has 7 heteroatoms. The van der Waals surface area contributed by atoms with Crippen LogP contribution in [0.15, 0.2) is 52.2 Å². The van der Waals surface area contributed by atoms with Gasteiger partial charge in [-0.1, -0.05) is 18.2 Å². The molecule has 0 spiro atoms. The van der Waals surface area contributed by atoms with Crippen LogP contribution in [-0.4, -0.2) is 23.4 Å². The largest absolute Gasteiger partial charge is 0.421 e. The smallest absolute Gasteiger partial charge is 0.381 e. The van der Waals surface area contributed by atoms with E-state index < -0.39 is 17.3 Å². The van der Waals surface area contributed by atoms with E-state index in [1.54, 1.807) is 0 Å². The first-order valence-corrected chi connectivity index (χ1v) is 10.2. The van der Waals surface area contributed by atoms with Gasteiger partial charge in [0.1, 0.15) is 5.56 Å². The van der Waals surface area contributed by atoms with Crippen LogP contribution in [0.5, 0.6) is 0 Å². The zero-order chi connectivity index (χ0) is 19.7. The molecule has 3 nitrogen and oxygen atoms in total. The minimum absolute atomic E-state index is 0.168. The lowest BCUT2D eigenvalue weighted by molar-refractivity contribution is -0.138. The van der Waals surface area contributed by atoms with Gasteiger partial charge < -0.3 is 9.72 Å². The van der Waals surface area contributed by atoms with Gasteiger partial charge in [0.05, 0.1) is 6.61 Å². The summed E-state index contributed by atoms with van der Waals surface area (Å²) < 4.78 is 44.2. The monoisotopic (exact) mass is 407 g/mol. The highest BCUT2D eigenvalue weighted by molar-refractivity contribution is 8.00. The Kier molecular flexibility index (Phi) is 5.38. The van der Waals surface area contributed by atoms with Crippen molar-refractivity contribution in [2.24, 2.45) is 5.92 Å². The molecule has 4 rings (SSSR count). The van der Waals surface area contributed by atoms with E-state index in [0.717, 1.165) is 23.6 Å². The number of benzene rings is 1. The van der Waals surface area contributed by atoms with Gasteiger partial charge in [-0.2, -0.15) is 13.2 Å². The Labute approximate surface area is 165 Å². The highest BCUT2D eigenvalue weighted by atomic mass is 32.2. The number of rotatable bonds is 5. The fraction of sp³-hybridized carbons (Fsp3) is 0.381. The first-order valence-electron chi connectivity index (χ1n) is 9.28. The zero-order valence-corrected chi connectivity index (χ0v) is 15.9. The fourth-order valence-corrected chi connectivity index (χ4v) is 4.26. The second kappa shape index (κ2) is 7.79. The van der Waals surface area contributed by atoms with Gasteiger partial charge in [-0.15, -0.1) is 11.8 Å². The third-order valence-electron chi connectivity index (χ3n) is 4.86. The van der Waals surface area contributed by atoms with Gasteiger partial charge in [0.2, 0.25) is 0 Å². The summed E-state index contributed by atoms with van der Waals surface area (Å²) >= 11 is 1.84. The number of halogens is 3. The van der Waals surface area contributed by atoms with Gasteiger partial charge in [0, 0.05) is 33.9 Å². The van der Waals surface area contributed by atoms with Crippen molar-refractivity contribution in [3.05, 3.63) is 69.6 Å². The van der Waals surface area contributed by atoms with Gasteiger partial charge in [0.25, 0.3) is 5.56 Å². The van der Waals surface area contributed by atoms with Crippen LogP contribution in [-0.2, 0) is 10.9 Å². The molecular formula is C21H20F3NO2S. The van der Waals surface area contributed by atoms with Crippen LogP contribution in [0.25, 0.3) is 5.57 Å². The number of aromatic nitrogens is 1. The van der Waals surface area contributed by atoms with Gasteiger partial charge in [-0.25, -0.2) is 0 Å². The van der Waals surface area contributed by atoms with Crippen LogP contribution in [0.3, 0.4) is 0 Å². The normalized spacial score (nSPS) is 20.5. The molecule has 2 aliphatic rings. The Morgan fingerprint density at radius 3 is 2.43 bits per heavy atom. The van der Waals surface area contributed by atoms with E-state index in [4.69, 9.17) is 4.74 Å². The lowest BCUT2D eigenvalue weighted by Gasteiger charge is -2.13. The zero-order valence-electron chi connectivity index (χ0n) is 15.1. The van der Waals surface area contributed by atoms with Crippen molar-refractivity contribution in [1.29, 1.82) is 0 Å². The van der Waals surface area contributed by atoms with E-state index >= 15 is 0 Å². The van der Waals surface area contributed by atoms with Crippen molar-refractivity contribution in [1.82, 2.24) is 4.98 Å². The predicted molar refractivity (Wildman–Crippen MR) is 103 cm³/mol. The third-order valence-corrected chi connectivity index (χ3v) is 6.21. The van der Waals surface area contributed by atoms with Gasteiger partial charge in [0.15, 0.2) is 0 Å². The lowest BCUT2D eigenvalue weighted by atomic mass is 9.96. The minimum atomic E-state index is -4.67. The van der Waals surface area contributed by atoms with Crippen molar-refractivity contribution in [3.63, 3.8) is 0 Å². The van der Waals surface area contributed by atoms with Crippen LogP contribution in [0.4, 0.5) is 13.2 Å². The Morgan fingerprint density at radius 2 is 1.86 bits per heavy atom. The molecule has 0 amide bonds. The van der Waals surface area contributed by atoms with Gasteiger partial charge in [-0.05, 0) is 49.1 Å². The van der Waals surface area contributed by atoms with E-state index in [1.165, 1.54) is 23.8 Å². The highest BCUT2D eigenvalue weighted by Gasteiger charge is 2.34. The number of alkyl halides is 3. The summed E-state index contributed by atoms with van der Waals surface area (Å²) in [5, 5.41) is 0.697. The van der Waals surface area contributed by atoms with Gasteiger partial charge >= 0.3 is 6.18 Å². The number of hydrogen-bond donors (Lipinski definition) is 1. The van der Waals surface area contributed by atoms with Crippen molar-refractivity contribution in [2.45, 2.75) is 35.6 Å². The molecule has 148 valence electrons. The first-order chi connectivity index (χ1) is 13.4. The second-order valence-corrected chi connectivity index (χ2v) is 8.53. The molecule has 1 aromatic heterocycles. The average molecular weight is 407 g/mol. The van der Waals surface area contributed by atoms with Crippen molar-refractivity contribution in [3.8, 4) is 0 Å². The average Bonchev–Trinajstić information content (AvgIpc) is 3.31. The van der Waals surface area contributed by atoms with Gasteiger partial charge in [-0.3, -0.25) is 4.79 Å². The maximum atomic E-state index is 12.9. The molecule has 0 radical (unpaired) electrons. The number of pyridine rings is 1. The SMILES string of the molecule is O=c1[nH]c(/C(=C\C2CCOC2)c2ccc(SC3CC3)cc2)ccc1C(F)(F)F. The summed E-state index contributed by atoms with van der Waals surface area (Å²) in [6.07, 6.45) is 0.660. The molecule has 1 saturated carbocycles. The Bertz CT molecular complexity index is 924. The quantitative estimate of drug-likeness (QED) is 0.748. The molecule has 2 aromatic rings. The molecular weight excluding hydrogens is 387 g/mol. The molecule has 28 heavy (non-hydrogen) atoms. The number of H-pyrrole nitrogens is 1. The van der Waals surface area contributed by atoms with E-state index in [-0.39, 0.29) is 5.92 Å². The molecule has 1 aliphatic carbocycles. The summed E-state index contributed by atoms with van der Waals surface area (Å²) in [6.45, 7) is 1.24. The number of thioether (sulfide) groups is 1. The number of ether oxygens (including phenoxy) is 1. The Hall–Kier alpha value is -1.99. The van der Waals surface area contributed by atoms with Crippen molar-refractivity contribution in [2.75, 3.05) is 13.2 Å². The van der Waals surface area contributed by atoms with E-state index in [0.29, 0.717) is 24.2 Å². The maximum absolute atomic E-state index is 12.9. The standard InChI is InChI=1S/C21H20F3NO2S/c22-21(23,24)18-7-8-19(25-20(18)26)17(11-13-9-10-27-12-13)14-1-3-15(4-2-14)28-16-5-6-16/h1-4,7-8,11,13,16H,5-6,9-10,12H2,(H,25,26)/b17-11-. The van der Waals surface area contributed by atoms with E-state index in [2.05, 4.69) is 4.98 Å². The minimum Gasteiger partial charge on any atom is -0.381 e. The van der Waals surface area contributed by atoms with E-state index in [9.17, 15) is 18.0 Å². The van der Waals surface area contributed by atoms with Crippen LogP contribution in [0, 0.1) is 5.92 Å². The Balaban J connectivity index is 1.69. The van der Waals surface area contributed by atoms with Crippen LogP contribution in [0.2, 0.25) is 0 Å². The summed E-state index contributed by atoms with van der Waals surface area (Å²) in [5.74, 6) is 0.168. The molecule has 2 fully saturated rings. The van der Waals surface area contributed by atoms with Crippen LogP contribution in [0.1, 0.15) is 36.1 Å². The molecule has 1 saturated heterocycles. The Morgan fingerprint density at radius 1 is 1.11 bits per heavy atom. The predicted octanol–water partition coefficient (Wildman–Crippen LogP) is 5.12. The van der Waals surface area contributed by atoms with E-state index in [1.807, 2.05) is 42.1 Å². The van der Waals surface area contributed by atoms with Crippen LogP contribution >= 0.6 is 11.8 Å². The summed E-state index contributed by atoms with van der Waals surface area (Å²) in [7, 11) is 0. The molecule has 0 bridgehead atoms. The number of hydrogen-bond acceptors (Lipinski definition) is 3. The topological polar surface area (TPSA) is 42.1 Å². The summed E-state index contributed by atoms with van der Waals surface area (Å²) in [6, 6.07) is 10.2. The lowest BCUT2D eigenvalue weighted by Crippen LogP contribution is -2.22. The molecule has 1 aliphatic heterocycles. The highest BCUT2D eigenvalue weighted by Crippen LogP contribution is 2.39. The molecule has 1 aromatic carbocycles. The number of nitrogens with one attached hydrogen (secondary N) is 1. The van der Waals surface area contributed by atoms with Crippen LogP contribution < -0.4 is 5.56 Å². The molecule has 1 atom stereocenters.